The van der Waals surface area contributed by atoms with E-state index in [1.807, 2.05) is 48.8 Å². The van der Waals surface area contributed by atoms with E-state index < -0.39 is 0 Å². The Morgan fingerprint density at radius 1 is 0.867 bits per heavy atom. The van der Waals surface area contributed by atoms with Crippen LogP contribution in [0.5, 0.6) is 0 Å². The van der Waals surface area contributed by atoms with E-state index in [-0.39, 0.29) is 0 Å². The molecule has 0 atom stereocenters. The molecule has 0 N–H and O–H groups in total. The van der Waals surface area contributed by atoms with Gasteiger partial charge in [0.2, 0.25) is 0 Å². The number of aromatic nitrogens is 4. The van der Waals surface area contributed by atoms with Gasteiger partial charge in [0.05, 0.1) is 11.4 Å². The molecular weight excluding hydrogens is 394 g/mol. The zero-order valence-corrected chi connectivity index (χ0v) is 17.1. The molecule has 0 radical (unpaired) electrons. The predicted molar refractivity (Wildman–Crippen MR) is 118 cm³/mol. The lowest BCUT2D eigenvalue weighted by Gasteiger charge is -2.28. The third kappa shape index (κ3) is 4.08. The summed E-state index contributed by atoms with van der Waals surface area (Å²) in [6.07, 6.45) is 8.39. The Bertz CT molecular complexity index is 1140. The number of hydrogen-bond donors (Lipinski definition) is 0. The first-order valence-electron chi connectivity index (χ1n) is 9.93. The highest BCUT2D eigenvalue weighted by Crippen LogP contribution is 2.23. The molecule has 1 aliphatic rings. The number of nitrogens with zero attached hydrogens (tertiary/aromatic N) is 5. The lowest BCUT2D eigenvalue weighted by atomic mass is 10.1. The molecule has 0 fully saturated rings. The van der Waals surface area contributed by atoms with Crippen LogP contribution in [0.4, 0.5) is 0 Å². The minimum atomic E-state index is 0.734. The first kappa shape index (κ1) is 18.9. The maximum atomic E-state index is 5.97. The molecule has 1 aliphatic heterocycles. The van der Waals surface area contributed by atoms with Crippen molar-refractivity contribution < 1.29 is 0 Å². The molecular formula is C24H20ClN5. The third-order valence-electron chi connectivity index (χ3n) is 5.32. The van der Waals surface area contributed by atoms with Crippen LogP contribution in [-0.2, 0) is 19.5 Å². The second-order valence-electron chi connectivity index (χ2n) is 7.42. The normalized spacial score (nSPS) is 13.8. The van der Waals surface area contributed by atoms with Gasteiger partial charge in [-0.25, -0.2) is 9.97 Å². The topological polar surface area (TPSA) is 54.8 Å². The summed E-state index contributed by atoms with van der Waals surface area (Å²) in [6.45, 7) is 2.68. The van der Waals surface area contributed by atoms with Gasteiger partial charge in [0, 0.05) is 72.6 Å². The average Bonchev–Trinajstić information content (AvgIpc) is 2.80. The molecule has 0 unspecified atom stereocenters. The molecule has 4 aromatic rings. The molecule has 0 aliphatic carbocycles. The number of pyridine rings is 2. The van der Waals surface area contributed by atoms with E-state index in [9.17, 15) is 0 Å². The second-order valence-corrected chi connectivity index (χ2v) is 7.86. The average molecular weight is 414 g/mol. The predicted octanol–water partition coefficient (Wildman–Crippen LogP) is 4.81. The summed E-state index contributed by atoms with van der Waals surface area (Å²) < 4.78 is 0. The fraction of sp³-hybridized carbons (Fsp3) is 0.167. The number of hydrogen-bond acceptors (Lipinski definition) is 5. The van der Waals surface area contributed by atoms with Gasteiger partial charge < -0.3 is 0 Å². The molecule has 148 valence electrons. The van der Waals surface area contributed by atoms with Crippen LogP contribution in [0, 0.1) is 0 Å². The largest absolute Gasteiger partial charge is 0.294 e. The Balaban J connectivity index is 1.27. The Morgan fingerprint density at radius 3 is 2.47 bits per heavy atom. The maximum Gasteiger partial charge on any atom is 0.159 e. The third-order valence-corrected chi connectivity index (χ3v) is 5.57. The SMILES string of the molecule is Clc1ccc(-c2ccc(CN3CCc4nc(-c5ccncc5)ncc4C3)cn2)cc1. The minimum Gasteiger partial charge on any atom is -0.294 e. The van der Waals surface area contributed by atoms with E-state index in [0.29, 0.717) is 0 Å². The zero-order valence-electron chi connectivity index (χ0n) is 16.4. The summed E-state index contributed by atoms with van der Waals surface area (Å²) in [5, 5.41) is 0.734. The molecule has 0 saturated heterocycles. The Hall–Kier alpha value is -3.15. The Kier molecular flexibility index (Phi) is 5.22. The smallest absolute Gasteiger partial charge is 0.159 e. The highest BCUT2D eigenvalue weighted by Gasteiger charge is 2.19. The van der Waals surface area contributed by atoms with Crippen LogP contribution in [0.25, 0.3) is 22.6 Å². The molecule has 0 spiro atoms. The van der Waals surface area contributed by atoms with Crippen molar-refractivity contribution >= 4 is 11.6 Å². The summed E-state index contributed by atoms with van der Waals surface area (Å²) in [6, 6.07) is 15.9. The van der Waals surface area contributed by atoms with Crippen molar-refractivity contribution in [1.29, 1.82) is 0 Å². The molecule has 3 aromatic heterocycles. The van der Waals surface area contributed by atoms with Gasteiger partial charge in [0.25, 0.3) is 0 Å². The van der Waals surface area contributed by atoms with Crippen molar-refractivity contribution in [3.8, 4) is 22.6 Å². The van der Waals surface area contributed by atoms with Gasteiger partial charge in [-0.05, 0) is 35.9 Å². The summed E-state index contributed by atoms with van der Waals surface area (Å²) in [7, 11) is 0. The lowest BCUT2D eigenvalue weighted by Crippen LogP contribution is -2.31. The highest BCUT2D eigenvalue weighted by atomic mass is 35.5. The van der Waals surface area contributed by atoms with E-state index in [1.54, 1.807) is 12.4 Å². The van der Waals surface area contributed by atoms with Crippen molar-refractivity contribution in [2.24, 2.45) is 0 Å². The van der Waals surface area contributed by atoms with Gasteiger partial charge in [-0.3, -0.25) is 14.9 Å². The number of rotatable bonds is 4. The van der Waals surface area contributed by atoms with Crippen LogP contribution < -0.4 is 0 Å². The standard InChI is InChI=1S/C24H20ClN5/c25-21-4-2-18(3-5-21)22-6-1-17(13-27-22)15-30-12-9-23-20(16-30)14-28-24(29-23)19-7-10-26-11-8-19/h1-8,10-11,13-14H,9,12,15-16H2. The van der Waals surface area contributed by atoms with Gasteiger partial charge in [-0.2, -0.15) is 0 Å². The minimum absolute atomic E-state index is 0.734. The number of halogens is 1. The van der Waals surface area contributed by atoms with Crippen LogP contribution in [-0.4, -0.2) is 31.4 Å². The van der Waals surface area contributed by atoms with E-state index >= 15 is 0 Å². The van der Waals surface area contributed by atoms with Crippen LogP contribution in [0.1, 0.15) is 16.8 Å². The van der Waals surface area contributed by atoms with E-state index in [1.165, 1.54) is 11.1 Å². The fourth-order valence-corrected chi connectivity index (χ4v) is 3.84. The zero-order chi connectivity index (χ0) is 20.3. The molecule has 5 rings (SSSR count). The van der Waals surface area contributed by atoms with Crippen LogP contribution in [0.15, 0.2) is 73.3 Å². The molecule has 0 bridgehead atoms. The van der Waals surface area contributed by atoms with Gasteiger partial charge in [0.1, 0.15) is 0 Å². The summed E-state index contributed by atoms with van der Waals surface area (Å²) in [5.41, 5.74) is 6.57. The molecule has 4 heterocycles. The van der Waals surface area contributed by atoms with E-state index in [2.05, 4.69) is 32.0 Å². The highest BCUT2D eigenvalue weighted by molar-refractivity contribution is 6.30. The fourth-order valence-electron chi connectivity index (χ4n) is 3.72. The van der Waals surface area contributed by atoms with Crippen molar-refractivity contribution in [2.45, 2.75) is 19.5 Å². The first-order chi connectivity index (χ1) is 14.7. The van der Waals surface area contributed by atoms with Gasteiger partial charge >= 0.3 is 0 Å². The van der Waals surface area contributed by atoms with Crippen molar-refractivity contribution in [1.82, 2.24) is 24.8 Å². The molecule has 30 heavy (non-hydrogen) atoms. The molecule has 5 nitrogen and oxygen atoms in total. The molecule has 1 aromatic carbocycles. The molecule has 6 heteroatoms. The van der Waals surface area contributed by atoms with Gasteiger partial charge in [-0.1, -0.05) is 29.8 Å². The second kappa shape index (κ2) is 8.30. The monoisotopic (exact) mass is 413 g/mol. The van der Waals surface area contributed by atoms with E-state index in [0.717, 1.165) is 59.4 Å². The molecule has 0 amide bonds. The Morgan fingerprint density at radius 2 is 1.70 bits per heavy atom. The van der Waals surface area contributed by atoms with Crippen LogP contribution in [0.2, 0.25) is 5.02 Å². The van der Waals surface area contributed by atoms with Gasteiger partial charge in [-0.15, -0.1) is 0 Å². The number of benzene rings is 1. The Labute approximate surface area is 180 Å². The van der Waals surface area contributed by atoms with Gasteiger partial charge in [0.15, 0.2) is 5.82 Å². The lowest BCUT2D eigenvalue weighted by molar-refractivity contribution is 0.242. The van der Waals surface area contributed by atoms with Crippen molar-refractivity contribution in [3.63, 3.8) is 0 Å². The van der Waals surface area contributed by atoms with Crippen molar-refractivity contribution in [2.75, 3.05) is 6.54 Å². The number of fused-ring (bicyclic) bond motifs is 1. The maximum absolute atomic E-state index is 5.97. The quantitative estimate of drug-likeness (QED) is 0.480. The molecule has 0 saturated carbocycles. The van der Waals surface area contributed by atoms with E-state index in [4.69, 9.17) is 16.6 Å². The summed E-state index contributed by atoms with van der Waals surface area (Å²) in [4.78, 5) is 20.5. The van der Waals surface area contributed by atoms with Crippen LogP contribution >= 0.6 is 11.6 Å². The van der Waals surface area contributed by atoms with Crippen molar-refractivity contribution in [3.05, 3.63) is 95.2 Å². The van der Waals surface area contributed by atoms with Crippen LogP contribution in [0.3, 0.4) is 0 Å². The first-order valence-corrected chi connectivity index (χ1v) is 10.3. The summed E-state index contributed by atoms with van der Waals surface area (Å²) in [5.74, 6) is 0.770. The summed E-state index contributed by atoms with van der Waals surface area (Å²) >= 11 is 5.97.